The van der Waals surface area contributed by atoms with Crippen LogP contribution in [-0.4, -0.2) is 42.2 Å². The highest BCUT2D eigenvalue weighted by molar-refractivity contribution is 5.81. The zero-order valence-electron chi connectivity index (χ0n) is 12.1. The first-order chi connectivity index (χ1) is 10.3. The van der Waals surface area contributed by atoms with Crippen molar-refractivity contribution in [2.24, 2.45) is 14.1 Å². The first-order valence-electron chi connectivity index (χ1n) is 6.42. The van der Waals surface area contributed by atoms with E-state index in [4.69, 9.17) is 5.11 Å². The number of imidazole rings is 1. The minimum Gasteiger partial charge on any atom is -0.480 e. The molecule has 0 aliphatic rings. The molecule has 22 heavy (non-hydrogen) atoms. The predicted octanol–water partition coefficient (Wildman–Crippen LogP) is -1.98. The first-order valence-corrected chi connectivity index (χ1v) is 6.42. The van der Waals surface area contributed by atoms with Crippen LogP contribution in [0.1, 0.15) is 6.42 Å². The highest BCUT2D eigenvalue weighted by atomic mass is 16.4. The molecule has 0 spiro atoms. The van der Waals surface area contributed by atoms with Crippen molar-refractivity contribution < 1.29 is 14.7 Å². The van der Waals surface area contributed by atoms with E-state index in [0.29, 0.717) is 0 Å². The van der Waals surface area contributed by atoms with Crippen molar-refractivity contribution in [1.29, 1.82) is 0 Å². The molecule has 2 heterocycles. The van der Waals surface area contributed by atoms with Crippen molar-refractivity contribution in [3.63, 3.8) is 0 Å². The number of nitrogens with zero attached hydrogens (tertiary/aromatic N) is 4. The Labute approximate surface area is 123 Å². The molecule has 0 saturated carbocycles. The minimum absolute atomic E-state index is 0.00919. The molecule has 0 fully saturated rings. The lowest BCUT2D eigenvalue weighted by atomic mass is 10.3. The van der Waals surface area contributed by atoms with Gasteiger partial charge >= 0.3 is 11.7 Å². The summed E-state index contributed by atoms with van der Waals surface area (Å²) < 4.78 is 3.68. The summed E-state index contributed by atoms with van der Waals surface area (Å²) in [6.07, 6.45) is 1.36. The molecule has 10 nitrogen and oxygen atoms in total. The zero-order chi connectivity index (χ0) is 16.4. The van der Waals surface area contributed by atoms with E-state index in [0.717, 1.165) is 4.57 Å². The van der Waals surface area contributed by atoms with Crippen LogP contribution in [0.25, 0.3) is 11.2 Å². The molecule has 118 valence electrons. The van der Waals surface area contributed by atoms with E-state index >= 15 is 0 Å². The molecule has 2 N–H and O–H groups in total. The number of carbonyl (C=O) groups is 2. The number of amides is 1. The molecule has 2 aromatic rings. The van der Waals surface area contributed by atoms with Crippen LogP contribution >= 0.6 is 0 Å². The van der Waals surface area contributed by atoms with Crippen LogP contribution in [-0.2, 0) is 30.2 Å². The van der Waals surface area contributed by atoms with Gasteiger partial charge in [-0.1, -0.05) is 0 Å². The van der Waals surface area contributed by atoms with Crippen molar-refractivity contribution in [3.05, 3.63) is 27.2 Å². The summed E-state index contributed by atoms with van der Waals surface area (Å²) in [6.45, 7) is -0.310. The van der Waals surface area contributed by atoms with Crippen LogP contribution < -0.4 is 16.6 Å². The molecule has 10 heteroatoms. The van der Waals surface area contributed by atoms with Crippen molar-refractivity contribution in [2.45, 2.75) is 13.0 Å². The van der Waals surface area contributed by atoms with Gasteiger partial charge in [0, 0.05) is 27.1 Å². The lowest BCUT2D eigenvalue weighted by molar-refractivity contribution is -0.137. The van der Waals surface area contributed by atoms with Crippen molar-refractivity contribution in [2.75, 3.05) is 6.54 Å². The maximum atomic E-state index is 12.2. The van der Waals surface area contributed by atoms with Gasteiger partial charge in [0.05, 0.1) is 6.33 Å². The molecular weight excluding hydrogens is 294 g/mol. The molecule has 2 aromatic heterocycles. The van der Waals surface area contributed by atoms with Gasteiger partial charge in [-0.05, 0) is 0 Å². The highest BCUT2D eigenvalue weighted by Gasteiger charge is 2.14. The number of rotatable bonds is 5. The Morgan fingerprint density at radius 1 is 1.27 bits per heavy atom. The SMILES string of the molecule is Cn1c(=O)c2c(ncn2CCC(=O)NCC(=O)O)n(C)c1=O. The van der Waals surface area contributed by atoms with Gasteiger partial charge in [0.25, 0.3) is 5.56 Å². The quantitative estimate of drug-likeness (QED) is 0.659. The monoisotopic (exact) mass is 309 g/mol. The number of fused-ring (bicyclic) bond motifs is 1. The molecular formula is C12H15N5O5. The van der Waals surface area contributed by atoms with Crippen molar-refractivity contribution in [1.82, 2.24) is 24.0 Å². The van der Waals surface area contributed by atoms with E-state index in [-0.39, 0.29) is 24.1 Å². The molecule has 0 saturated heterocycles. The second-order valence-corrected chi connectivity index (χ2v) is 4.74. The Morgan fingerprint density at radius 2 is 1.95 bits per heavy atom. The van der Waals surface area contributed by atoms with Gasteiger partial charge < -0.3 is 15.0 Å². The van der Waals surface area contributed by atoms with Crippen molar-refractivity contribution >= 4 is 23.0 Å². The maximum Gasteiger partial charge on any atom is 0.332 e. The normalized spacial score (nSPS) is 10.8. The number of aryl methyl sites for hydroxylation is 2. The molecule has 0 bridgehead atoms. The number of hydrogen-bond donors (Lipinski definition) is 2. The summed E-state index contributed by atoms with van der Waals surface area (Å²) in [5, 5.41) is 10.7. The van der Waals surface area contributed by atoms with Gasteiger partial charge in [-0.25, -0.2) is 9.78 Å². The Hall–Kier alpha value is -2.91. The van der Waals surface area contributed by atoms with E-state index in [1.54, 1.807) is 0 Å². The lowest BCUT2D eigenvalue weighted by Gasteiger charge is -2.06. The van der Waals surface area contributed by atoms with E-state index in [1.165, 1.54) is 29.6 Å². The van der Waals surface area contributed by atoms with Gasteiger partial charge in [0.2, 0.25) is 5.91 Å². The topological polar surface area (TPSA) is 128 Å². The Bertz CT molecular complexity index is 859. The van der Waals surface area contributed by atoms with Crippen molar-refractivity contribution in [3.8, 4) is 0 Å². The van der Waals surface area contributed by atoms with Crippen LogP contribution in [0.15, 0.2) is 15.9 Å². The van der Waals surface area contributed by atoms with E-state index in [2.05, 4.69) is 10.3 Å². The number of carboxylic acids is 1. The number of nitrogens with one attached hydrogen (secondary N) is 1. The maximum absolute atomic E-state index is 12.2. The van der Waals surface area contributed by atoms with Gasteiger partial charge in [-0.2, -0.15) is 0 Å². The summed E-state index contributed by atoms with van der Waals surface area (Å²) in [6, 6.07) is 0. The highest BCUT2D eigenvalue weighted by Crippen LogP contribution is 2.06. The number of carbonyl (C=O) groups excluding carboxylic acids is 1. The number of carboxylic acid groups (broad SMARTS) is 1. The molecule has 0 unspecified atom stereocenters. The molecule has 0 aliphatic carbocycles. The standard InChI is InChI=1S/C12H15N5O5/c1-15-10-9(11(21)16(2)12(15)22)17(6-14-10)4-3-7(18)13-5-8(19)20/h6H,3-5H2,1-2H3,(H,13,18)(H,19,20). The predicted molar refractivity (Wildman–Crippen MR) is 75.5 cm³/mol. The fourth-order valence-corrected chi connectivity index (χ4v) is 2.05. The van der Waals surface area contributed by atoms with Gasteiger partial charge in [0.15, 0.2) is 11.2 Å². The summed E-state index contributed by atoms with van der Waals surface area (Å²) in [4.78, 5) is 49.8. The van der Waals surface area contributed by atoms with Gasteiger partial charge in [-0.15, -0.1) is 0 Å². The van der Waals surface area contributed by atoms with Gasteiger partial charge in [-0.3, -0.25) is 23.5 Å². The number of aromatic nitrogens is 4. The van der Waals surface area contributed by atoms with Crippen LogP contribution in [0.4, 0.5) is 0 Å². The average molecular weight is 309 g/mol. The molecule has 0 atom stereocenters. The summed E-state index contributed by atoms with van der Waals surface area (Å²) >= 11 is 0. The molecule has 0 aromatic carbocycles. The molecule has 0 aliphatic heterocycles. The average Bonchev–Trinajstić information content (AvgIpc) is 2.90. The number of aliphatic carboxylic acids is 1. The molecule has 1 amide bonds. The van der Waals surface area contributed by atoms with Crippen LogP contribution in [0.2, 0.25) is 0 Å². The van der Waals surface area contributed by atoms with E-state index in [1.807, 2.05) is 0 Å². The minimum atomic E-state index is -1.13. The first kappa shape index (κ1) is 15.5. The van der Waals surface area contributed by atoms with Crippen LogP contribution in [0, 0.1) is 0 Å². The second-order valence-electron chi connectivity index (χ2n) is 4.74. The third kappa shape index (κ3) is 2.75. The summed E-state index contributed by atoms with van der Waals surface area (Å²) in [5.74, 6) is -1.59. The smallest absolute Gasteiger partial charge is 0.332 e. The third-order valence-electron chi connectivity index (χ3n) is 3.23. The second kappa shape index (κ2) is 5.84. The summed E-state index contributed by atoms with van der Waals surface area (Å²) in [5.41, 5.74) is -0.529. The van der Waals surface area contributed by atoms with E-state index < -0.39 is 29.7 Å². The summed E-state index contributed by atoms with van der Waals surface area (Å²) in [7, 11) is 2.86. The third-order valence-corrected chi connectivity index (χ3v) is 3.23. The van der Waals surface area contributed by atoms with Crippen LogP contribution in [0.5, 0.6) is 0 Å². The Kier molecular flexibility index (Phi) is 4.11. The fraction of sp³-hybridized carbons (Fsp3) is 0.417. The Balaban J connectivity index is 2.27. The zero-order valence-corrected chi connectivity index (χ0v) is 12.1. The fourth-order valence-electron chi connectivity index (χ4n) is 2.05. The lowest BCUT2D eigenvalue weighted by Crippen LogP contribution is -2.37. The molecule has 2 rings (SSSR count). The molecule has 0 radical (unpaired) electrons. The van der Waals surface area contributed by atoms with Gasteiger partial charge in [0.1, 0.15) is 6.54 Å². The number of hydrogen-bond acceptors (Lipinski definition) is 5. The van der Waals surface area contributed by atoms with E-state index in [9.17, 15) is 19.2 Å². The van der Waals surface area contributed by atoms with Crippen LogP contribution in [0.3, 0.4) is 0 Å². The Morgan fingerprint density at radius 3 is 2.59 bits per heavy atom. The largest absolute Gasteiger partial charge is 0.480 e.